The summed E-state index contributed by atoms with van der Waals surface area (Å²) >= 11 is 7.04. The van der Waals surface area contributed by atoms with Gasteiger partial charge in [0.1, 0.15) is 6.61 Å². The van der Waals surface area contributed by atoms with Crippen LogP contribution in [-0.4, -0.2) is 43.4 Å². The maximum atomic E-state index is 12.9. The molecular formula is C24H21ClN4O5S. The minimum absolute atomic E-state index is 0.0251. The summed E-state index contributed by atoms with van der Waals surface area (Å²) in [7, 11) is 0. The van der Waals surface area contributed by atoms with Crippen molar-refractivity contribution in [3.05, 3.63) is 80.5 Å². The maximum absolute atomic E-state index is 12.9. The normalized spacial score (nSPS) is 13.4. The highest BCUT2D eigenvalue weighted by Gasteiger charge is 2.20. The van der Waals surface area contributed by atoms with Crippen LogP contribution in [-0.2, 0) is 16.1 Å². The zero-order valence-electron chi connectivity index (χ0n) is 18.4. The van der Waals surface area contributed by atoms with Crippen molar-refractivity contribution < 1.29 is 23.9 Å². The number of amides is 4. The molecule has 0 unspecified atom stereocenters. The van der Waals surface area contributed by atoms with Gasteiger partial charge >= 0.3 is 0 Å². The van der Waals surface area contributed by atoms with E-state index in [4.69, 9.17) is 22.1 Å². The molecule has 35 heavy (non-hydrogen) atoms. The van der Waals surface area contributed by atoms with E-state index in [0.717, 1.165) is 11.3 Å². The Morgan fingerprint density at radius 1 is 1.03 bits per heavy atom. The van der Waals surface area contributed by atoms with Crippen LogP contribution in [0.2, 0.25) is 4.34 Å². The highest BCUT2D eigenvalue weighted by molar-refractivity contribution is 7.18. The van der Waals surface area contributed by atoms with Gasteiger partial charge in [0.2, 0.25) is 5.91 Å². The van der Waals surface area contributed by atoms with Crippen molar-refractivity contribution in [2.75, 3.05) is 30.0 Å². The largest absolute Gasteiger partial charge is 0.370 e. The zero-order valence-corrected chi connectivity index (χ0v) is 19.9. The number of ether oxygens (including phenoxy) is 1. The smallest absolute Gasteiger partial charge is 0.261 e. The van der Waals surface area contributed by atoms with Crippen molar-refractivity contribution in [1.82, 2.24) is 5.32 Å². The lowest BCUT2D eigenvalue weighted by atomic mass is 10.1. The number of rotatable bonds is 7. The van der Waals surface area contributed by atoms with E-state index in [1.165, 1.54) is 12.1 Å². The molecule has 0 aliphatic carbocycles. The Bertz CT molecular complexity index is 1290. The predicted molar refractivity (Wildman–Crippen MR) is 133 cm³/mol. The van der Waals surface area contributed by atoms with Gasteiger partial charge in [-0.2, -0.15) is 0 Å². The van der Waals surface area contributed by atoms with Gasteiger partial charge in [0, 0.05) is 35.6 Å². The summed E-state index contributed by atoms with van der Waals surface area (Å²) in [6.45, 7) is 1.01. The number of morpholine rings is 1. The lowest BCUT2D eigenvalue weighted by Gasteiger charge is -2.26. The molecule has 0 radical (unpaired) electrons. The Balaban J connectivity index is 1.50. The van der Waals surface area contributed by atoms with Gasteiger partial charge in [0.05, 0.1) is 15.8 Å². The third-order valence-corrected chi connectivity index (χ3v) is 6.54. The van der Waals surface area contributed by atoms with Crippen LogP contribution in [0, 0.1) is 0 Å². The molecule has 1 aliphatic rings. The van der Waals surface area contributed by atoms with Crippen molar-refractivity contribution in [2.24, 2.45) is 5.73 Å². The fraction of sp³-hybridized carbons (Fsp3) is 0.167. The van der Waals surface area contributed by atoms with Gasteiger partial charge in [0.15, 0.2) is 0 Å². The predicted octanol–water partition coefficient (Wildman–Crippen LogP) is 3.05. The highest BCUT2D eigenvalue weighted by Crippen LogP contribution is 2.23. The van der Waals surface area contributed by atoms with E-state index in [9.17, 15) is 19.2 Å². The van der Waals surface area contributed by atoms with Gasteiger partial charge in [-0.05, 0) is 54.1 Å². The number of nitrogens with zero attached hydrogens (tertiary/aromatic N) is 1. The summed E-state index contributed by atoms with van der Waals surface area (Å²) in [6, 6.07) is 14.4. The van der Waals surface area contributed by atoms with Crippen LogP contribution < -0.4 is 21.3 Å². The molecule has 0 bridgehead atoms. The van der Waals surface area contributed by atoms with E-state index in [2.05, 4.69) is 10.6 Å². The molecule has 3 aromatic rings. The number of nitrogens with two attached hydrogens (primary N) is 1. The molecule has 0 atom stereocenters. The second kappa shape index (κ2) is 10.7. The van der Waals surface area contributed by atoms with Gasteiger partial charge in [-0.1, -0.05) is 17.7 Å². The molecule has 1 aromatic heterocycles. The summed E-state index contributed by atoms with van der Waals surface area (Å²) < 4.78 is 5.64. The summed E-state index contributed by atoms with van der Waals surface area (Å²) in [5, 5.41) is 5.56. The number of halogens is 1. The van der Waals surface area contributed by atoms with Crippen LogP contribution in [0.3, 0.4) is 0 Å². The Kier molecular flexibility index (Phi) is 7.45. The minimum Gasteiger partial charge on any atom is -0.370 e. The first-order valence-corrected chi connectivity index (χ1v) is 11.8. The average molecular weight is 513 g/mol. The van der Waals surface area contributed by atoms with Crippen LogP contribution >= 0.6 is 22.9 Å². The fourth-order valence-corrected chi connectivity index (χ4v) is 4.44. The SMILES string of the molecule is NC(=O)c1ccc(CNC(=O)c2ccc(Cl)s2)c(NC(=O)c2ccc(N3CCOCC3=O)cc2)c1. The first-order valence-electron chi connectivity index (χ1n) is 10.6. The number of hydrogen-bond donors (Lipinski definition) is 3. The molecule has 1 saturated heterocycles. The Morgan fingerprint density at radius 2 is 1.77 bits per heavy atom. The lowest BCUT2D eigenvalue weighted by Crippen LogP contribution is -2.41. The van der Waals surface area contributed by atoms with Crippen LogP contribution in [0.1, 0.15) is 36.0 Å². The monoisotopic (exact) mass is 512 g/mol. The average Bonchev–Trinajstić information content (AvgIpc) is 3.29. The lowest BCUT2D eigenvalue weighted by molar-refractivity contribution is -0.125. The van der Waals surface area contributed by atoms with E-state index in [1.807, 2.05) is 0 Å². The van der Waals surface area contributed by atoms with Crippen molar-refractivity contribution in [3.8, 4) is 0 Å². The molecule has 2 heterocycles. The van der Waals surface area contributed by atoms with Gasteiger partial charge in [-0.3, -0.25) is 19.2 Å². The molecule has 2 aromatic carbocycles. The van der Waals surface area contributed by atoms with Gasteiger partial charge in [-0.15, -0.1) is 11.3 Å². The van der Waals surface area contributed by atoms with Gasteiger partial charge in [0.25, 0.3) is 17.7 Å². The topological polar surface area (TPSA) is 131 Å². The maximum Gasteiger partial charge on any atom is 0.261 e. The zero-order chi connectivity index (χ0) is 24.9. The van der Waals surface area contributed by atoms with Gasteiger partial charge < -0.3 is 26.0 Å². The highest BCUT2D eigenvalue weighted by atomic mass is 35.5. The van der Waals surface area contributed by atoms with Crippen LogP contribution in [0.25, 0.3) is 0 Å². The quantitative estimate of drug-likeness (QED) is 0.448. The first-order chi connectivity index (χ1) is 16.8. The van der Waals surface area contributed by atoms with Crippen LogP contribution in [0.4, 0.5) is 11.4 Å². The van der Waals surface area contributed by atoms with E-state index in [-0.39, 0.29) is 30.5 Å². The Morgan fingerprint density at radius 3 is 2.43 bits per heavy atom. The molecule has 1 aliphatic heterocycles. The van der Waals surface area contributed by atoms with E-state index in [0.29, 0.717) is 44.9 Å². The number of thiophene rings is 1. The molecule has 180 valence electrons. The number of benzene rings is 2. The number of hydrogen-bond acceptors (Lipinski definition) is 6. The van der Waals surface area contributed by atoms with E-state index >= 15 is 0 Å². The van der Waals surface area contributed by atoms with E-state index < -0.39 is 11.8 Å². The molecule has 1 fully saturated rings. The number of carbonyl (C=O) groups is 4. The molecule has 0 saturated carbocycles. The second-order valence-corrected chi connectivity index (χ2v) is 9.34. The summed E-state index contributed by atoms with van der Waals surface area (Å²) in [5.41, 5.74) is 7.54. The van der Waals surface area contributed by atoms with E-state index in [1.54, 1.807) is 47.4 Å². The number of nitrogens with one attached hydrogen (secondary N) is 2. The van der Waals surface area contributed by atoms with Crippen LogP contribution in [0.5, 0.6) is 0 Å². The summed E-state index contributed by atoms with van der Waals surface area (Å²) in [6.07, 6.45) is 0. The van der Waals surface area contributed by atoms with Crippen molar-refractivity contribution in [1.29, 1.82) is 0 Å². The van der Waals surface area contributed by atoms with Crippen molar-refractivity contribution >= 4 is 57.9 Å². The number of anilines is 2. The fourth-order valence-electron chi connectivity index (χ4n) is 3.48. The molecule has 4 amide bonds. The molecule has 9 nitrogen and oxygen atoms in total. The Labute approximate surface area is 209 Å². The van der Waals surface area contributed by atoms with Crippen LogP contribution in [0.15, 0.2) is 54.6 Å². The molecule has 4 N–H and O–H groups in total. The summed E-state index contributed by atoms with van der Waals surface area (Å²) in [4.78, 5) is 51.1. The van der Waals surface area contributed by atoms with Gasteiger partial charge in [-0.25, -0.2) is 0 Å². The molecular weight excluding hydrogens is 492 g/mol. The molecule has 11 heteroatoms. The summed E-state index contributed by atoms with van der Waals surface area (Å²) in [5.74, 6) is -1.53. The third-order valence-electron chi connectivity index (χ3n) is 5.31. The molecule has 0 spiro atoms. The number of primary amides is 1. The second-order valence-electron chi connectivity index (χ2n) is 7.62. The third kappa shape index (κ3) is 5.86. The minimum atomic E-state index is -0.649. The van der Waals surface area contributed by atoms with Crippen molar-refractivity contribution in [3.63, 3.8) is 0 Å². The Hall–Kier alpha value is -3.73. The number of carbonyl (C=O) groups excluding carboxylic acids is 4. The van der Waals surface area contributed by atoms with Crippen molar-refractivity contribution in [2.45, 2.75) is 6.54 Å². The first kappa shape index (κ1) is 24.4. The molecule has 4 rings (SSSR count). The standard InChI is InChI=1S/C24H21ClN4O5S/c25-20-8-7-19(35-20)24(33)27-12-16-2-1-15(22(26)31)11-18(16)28-23(32)14-3-5-17(6-4-14)29-9-10-34-13-21(29)30/h1-8,11H,9-10,12-13H2,(H2,26,31)(H,27,33)(H,28,32).